The lowest BCUT2D eigenvalue weighted by Crippen LogP contribution is -2.55. The summed E-state index contributed by atoms with van der Waals surface area (Å²) in [6, 6.07) is 35.2. The lowest BCUT2D eigenvalue weighted by atomic mass is 9.88. The molecule has 0 aliphatic carbocycles. The predicted octanol–water partition coefficient (Wildman–Crippen LogP) is 7.30. The summed E-state index contributed by atoms with van der Waals surface area (Å²) in [7, 11) is 1.68. The lowest BCUT2D eigenvalue weighted by molar-refractivity contribution is -0.135. The number of thioether (sulfide) groups is 1. The number of carbonyl (C=O) groups is 1. The Hall–Kier alpha value is -4.23. The summed E-state index contributed by atoms with van der Waals surface area (Å²) >= 11 is 1.80. The molecule has 40 heavy (non-hydrogen) atoms. The van der Waals surface area contributed by atoms with Gasteiger partial charge in [-0.25, -0.2) is 9.80 Å². The third kappa shape index (κ3) is 4.40. The van der Waals surface area contributed by atoms with Gasteiger partial charge in [-0.3, -0.25) is 4.90 Å². The number of ether oxygens (including phenoxy) is 2. The standard InChI is InChI=1S/C33H31N3O3S/c1-4-39-32(37)31-34-36(26-18-14-23(2)15-19-26)33(25-10-6-5-7-11-25)22-30(24-16-20-27(38-3)21-17-24)40-29-13-9-8-12-28(29)35(31)33/h5-21,30H,4,22H2,1-3H3. The summed E-state index contributed by atoms with van der Waals surface area (Å²) < 4.78 is 11.0. The Morgan fingerprint density at radius 1 is 0.950 bits per heavy atom. The van der Waals surface area contributed by atoms with Crippen molar-refractivity contribution in [1.29, 1.82) is 0 Å². The number of aryl methyl sites for hydroxylation is 1. The number of fused-ring (bicyclic) bond motifs is 3. The van der Waals surface area contributed by atoms with Crippen LogP contribution in [0.5, 0.6) is 5.75 Å². The Balaban J connectivity index is 1.64. The molecule has 2 heterocycles. The molecular weight excluding hydrogens is 518 g/mol. The second-order valence-electron chi connectivity index (χ2n) is 9.86. The van der Waals surface area contributed by atoms with Crippen LogP contribution in [0.2, 0.25) is 0 Å². The number of hydrogen-bond acceptors (Lipinski definition) is 7. The molecule has 0 N–H and O–H groups in total. The topological polar surface area (TPSA) is 54.4 Å². The lowest BCUT2D eigenvalue weighted by Gasteiger charge is -2.45. The van der Waals surface area contributed by atoms with Crippen LogP contribution in [0.25, 0.3) is 0 Å². The second kappa shape index (κ2) is 10.7. The smallest absolute Gasteiger partial charge is 0.376 e. The molecule has 0 amide bonds. The third-order valence-electron chi connectivity index (χ3n) is 7.43. The van der Waals surface area contributed by atoms with Crippen LogP contribution in [-0.4, -0.2) is 25.5 Å². The number of hydrogen-bond donors (Lipinski definition) is 0. The molecule has 202 valence electrons. The SMILES string of the molecule is CCOC(=O)C1=NN(c2ccc(C)cc2)C2(c3ccccc3)CC(c3ccc(OC)cc3)Sc3ccccc3N12. The zero-order chi connectivity index (χ0) is 27.7. The minimum Gasteiger partial charge on any atom is -0.497 e. The van der Waals surface area contributed by atoms with Crippen molar-refractivity contribution in [3.63, 3.8) is 0 Å². The number of rotatable bonds is 6. The summed E-state index contributed by atoms with van der Waals surface area (Å²) in [5.41, 5.74) is 4.34. The molecule has 7 heteroatoms. The van der Waals surface area contributed by atoms with Gasteiger partial charge in [-0.1, -0.05) is 72.3 Å². The molecule has 2 aliphatic rings. The van der Waals surface area contributed by atoms with Gasteiger partial charge in [-0.15, -0.1) is 16.9 Å². The van der Waals surface area contributed by atoms with E-state index in [1.54, 1.807) is 18.9 Å². The van der Waals surface area contributed by atoms with Crippen LogP contribution in [0, 0.1) is 6.92 Å². The molecule has 4 aromatic rings. The summed E-state index contributed by atoms with van der Waals surface area (Å²) in [5.74, 6) is 0.645. The van der Waals surface area contributed by atoms with Gasteiger partial charge >= 0.3 is 5.97 Å². The molecule has 0 bridgehead atoms. The van der Waals surface area contributed by atoms with Gasteiger partial charge in [-0.05, 0) is 55.8 Å². The van der Waals surface area contributed by atoms with Gasteiger partial charge in [0.25, 0.3) is 0 Å². The fourth-order valence-electron chi connectivity index (χ4n) is 5.54. The van der Waals surface area contributed by atoms with Gasteiger partial charge < -0.3 is 9.47 Å². The van der Waals surface area contributed by atoms with E-state index in [2.05, 4.69) is 72.5 Å². The second-order valence-corrected chi connectivity index (χ2v) is 11.1. The molecule has 0 saturated heterocycles. The van der Waals surface area contributed by atoms with Crippen molar-refractivity contribution in [1.82, 2.24) is 0 Å². The van der Waals surface area contributed by atoms with Crippen LogP contribution in [0.4, 0.5) is 11.4 Å². The van der Waals surface area contributed by atoms with E-state index in [4.69, 9.17) is 14.6 Å². The highest BCUT2D eigenvalue weighted by Crippen LogP contribution is 2.57. The number of para-hydroxylation sites is 1. The van der Waals surface area contributed by atoms with Crippen LogP contribution in [0.3, 0.4) is 0 Å². The van der Waals surface area contributed by atoms with Crippen molar-refractivity contribution in [3.05, 3.63) is 120 Å². The fourth-order valence-corrected chi connectivity index (χ4v) is 6.89. The Kier molecular flexibility index (Phi) is 6.98. The maximum Gasteiger partial charge on any atom is 0.376 e. The highest BCUT2D eigenvalue weighted by Gasteiger charge is 2.56. The Labute approximate surface area is 239 Å². The summed E-state index contributed by atoms with van der Waals surface area (Å²) in [5, 5.41) is 7.13. The van der Waals surface area contributed by atoms with E-state index in [1.165, 1.54) is 5.56 Å². The summed E-state index contributed by atoms with van der Waals surface area (Å²) in [4.78, 5) is 16.8. The number of methoxy groups -OCH3 is 1. The average molecular weight is 550 g/mol. The van der Waals surface area contributed by atoms with E-state index >= 15 is 0 Å². The number of anilines is 2. The van der Waals surface area contributed by atoms with E-state index in [0.29, 0.717) is 6.42 Å². The first kappa shape index (κ1) is 26.0. The van der Waals surface area contributed by atoms with E-state index < -0.39 is 11.6 Å². The predicted molar refractivity (Wildman–Crippen MR) is 161 cm³/mol. The van der Waals surface area contributed by atoms with Crippen molar-refractivity contribution >= 4 is 34.9 Å². The summed E-state index contributed by atoms with van der Waals surface area (Å²) in [6.45, 7) is 4.15. The van der Waals surface area contributed by atoms with E-state index in [0.717, 1.165) is 33.1 Å². The highest BCUT2D eigenvalue weighted by molar-refractivity contribution is 7.99. The quantitative estimate of drug-likeness (QED) is 0.235. The Bertz CT molecular complexity index is 1540. The number of esters is 1. The number of nitrogens with zero attached hydrogens (tertiary/aromatic N) is 3. The van der Waals surface area contributed by atoms with Gasteiger partial charge in [0, 0.05) is 22.1 Å². The molecule has 4 aromatic carbocycles. The van der Waals surface area contributed by atoms with Crippen molar-refractivity contribution in [3.8, 4) is 5.75 Å². The zero-order valence-electron chi connectivity index (χ0n) is 22.8. The van der Waals surface area contributed by atoms with E-state index in [-0.39, 0.29) is 17.7 Å². The monoisotopic (exact) mass is 549 g/mol. The first-order valence-corrected chi connectivity index (χ1v) is 14.3. The number of carbonyl (C=O) groups excluding carboxylic acids is 1. The normalized spacial score (nSPS) is 19.8. The van der Waals surface area contributed by atoms with E-state index in [9.17, 15) is 4.79 Å². The molecule has 0 fully saturated rings. The van der Waals surface area contributed by atoms with Gasteiger partial charge in [0.2, 0.25) is 5.84 Å². The molecule has 2 unspecified atom stereocenters. The molecule has 6 rings (SSSR count). The molecule has 2 aliphatic heterocycles. The zero-order valence-corrected chi connectivity index (χ0v) is 23.6. The first-order chi connectivity index (χ1) is 19.5. The third-order valence-corrected chi connectivity index (χ3v) is 8.76. The maximum atomic E-state index is 13.6. The van der Waals surface area contributed by atoms with Crippen LogP contribution >= 0.6 is 11.8 Å². The first-order valence-electron chi connectivity index (χ1n) is 13.4. The molecule has 6 nitrogen and oxygen atoms in total. The molecule has 0 radical (unpaired) electrons. The largest absolute Gasteiger partial charge is 0.497 e. The van der Waals surface area contributed by atoms with Crippen molar-refractivity contribution in [2.24, 2.45) is 5.10 Å². The van der Waals surface area contributed by atoms with Gasteiger partial charge in [-0.2, -0.15) is 0 Å². The number of benzene rings is 4. The fraction of sp³-hybridized carbons (Fsp3) is 0.212. The minimum absolute atomic E-state index is 0.0435. The van der Waals surface area contributed by atoms with Gasteiger partial charge in [0.05, 0.1) is 25.1 Å². The molecule has 0 spiro atoms. The minimum atomic E-state index is -0.844. The Morgan fingerprint density at radius 2 is 1.65 bits per heavy atom. The van der Waals surface area contributed by atoms with Crippen molar-refractivity contribution in [2.75, 3.05) is 23.6 Å². The Morgan fingerprint density at radius 3 is 2.35 bits per heavy atom. The number of hydrazone groups is 1. The van der Waals surface area contributed by atoms with Crippen molar-refractivity contribution in [2.45, 2.75) is 36.1 Å². The molecule has 0 aromatic heterocycles. The van der Waals surface area contributed by atoms with E-state index in [1.807, 2.05) is 54.4 Å². The number of amidine groups is 1. The molecule has 2 atom stereocenters. The van der Waals surface area contributed by atoms with Crippen LogP contribution < -0.4 is 14.6 Å². The average Bonchev–Trinajstić information content (AvgIpc) is 3.25. The highest BCUT2D eigenvalue weighted by atomic mass is 32.2. The van der Waals surface area contributed by atoms with Crippen LogP contribution in [-0.2, 0) is 15.2 Å². The van der Waals surface area contributed by atoms with Gasteiger partial charge in [0.15, 0.2) is 5.66 Å². The molecule has 0 saturated carbocycles. The summed E-state index contributed by atoms with van der Waals surface area (Å²) in [6.07, 6.45) is 0.642. The van der Waals surface area contributed by atoms with Gasteiger partial charge in [0.1, 0.15) is 5.75 Å². The van der Waals surface area contributed by atoms with Crippen molar-refractivity contribution < 1.29 is 14.3 Å². The maximum absolute atomic E-state index is 13.6. The van der Waals surface area contributed by atoms with Crippen LogP contribution in [0.15, 0.2) is 113 Å². The molecular formula is C33H31N3O3S. The van der Waals surface area contributed by atoms with Crippen LogP contribution in [0.1, 0.15) is 35.3 Å².